The Morgan fingerprint density at radius 2 is 2.04 bits per heavy atom. The molecule has 1 saturated heterocycles. The summed E-state index contributed by atoms with van der Waals surface area (Å²) in [6, 6.07) is 7.65. The van der Waals surface area contributed by atoms with Gasteiger partial charge in [0.2, 0.25) is 5.91 Å². The van der Waals surface area contributed by atoms with Gasteiger partial charge in [-0.3, -0.25) is 9.78 Å². The molecule has 6 heteroatoms. The van der Waals surface area contributed by atoms with Gasteiger partial charge in [0.15, 0.2) is 0 Å². The molecule has 1 aliphatic heterocycles. The minimum atomic E-state index is -0.140. The highest BCUT2D eigenvalue weighted by atomic mass is 16.3. The molecule has 0 unspecified atom stereocenters. The summed E-state index contributed by atoms with van der Waals surface area (Å²) >= 11 is 0. The van der Waals surface area contributed by atoms with E-state index in [4.69, 9.17) is 0 Å². The number of fused-ring (bicyclic) bond motifs is 1. The second-order valence-electron chi connectivity index (χ2n) is 6.33. The molecule has 1 aliphatic rings. The number of carbonyl (C=O) groups is 1. The molecule has 0 radical (unpaired) electrons. The average molecular weight is 340 g/mol. The number of aliphatic hydroxyl groups excluding tert-OH is 1. The lowest BCUT2D eigenvalue weighted by Gasteiger charge is -2.29. The number of nitrogens with zero attached hydrogens (tertiary/aromatic N) is 3. The minimum Gasteiger partial charge on any atom is -0.393 e. The second kappa shape index (κ2) is 8.69. The van der Waals surface area contributed by atoms with Crippen LogP contribution < -0.4 is 5.32 Å². The van der Waals surface area contributed by atoms with Gasteiger partial charge in [-0.15, -0.1) is 0 Å². The maximum atomic E-state index is 11.9. The monoisotopic (exact) mass is 340 g/mol. The number of hydrogen-bond acceptors (Lipinski definition) is 5. The Hall–Kier alpha value is -2.31. The van der Waals surface area contributed by atoms with E-state index in [1.54, 1.807) is 12.3 Å². The number of carbonyl (C=O) groups excluding carboxylic acids is 1. The van der Waals surface area contributed by atoms with Crippen LogP contribution in [0.2, 0.25) is 0 Å². The van der Waals surface area contributed by atoms with E-state index >= 15 is 0 Å². The van der Waals surface area contributed by atoms with E-state index in [0.717, 1.165) is 49.9 Å². The van der Waals surface area contributed by atoms with Crippen molar-refractivity contribution >= 4 is 23.0 Å². The molecule has 0 spiro atoms. The Kier molecular flexibility index (Phi) is 6.09. The molecule has 0 saturated carbocycles. The van der Waals surface area contributed by atoms with Crippen LogP contribution in [0.15, 0.2) is 36.5 Å². The van der Waals surface area contributed by atoms with Gasteiger partial charge in [-0.25, -0.2) is 4.98 Å². The fourth-order valence-corrected chi connectivity index (χ4v) is 2.93. The number of hydrogen-bond donors (Lipinski definition) is 2. The van der Waals surface area contributed by atoms with E-state index in [-0.39, 0.29) is 12.0 Å². The lowest BCUT2D eigenvalue weighted by molar-refractivity contribution is -0.116. The van der Waals surface area contributed by atoms with Crippen molar-refractivity contribution < 1.29 is 9.90 Å². The summed E-state index contributed by atoms with van der Waals surface area (Å²) in [6.45, 7) is 3.48. The zero-order valence-electron chi connectivity index (χ0n) is 14.3. The number of para-hydroxylation sites is 2. The molecule has 25 heavy (non-hydrogen) atoms. The van der Waals surface area contributed by atoms with E-state index < -0.39 is 0 Å². The number of rotatable bonds is 6. The number of amides is 1. The Balaban J connectivity index is 1.40. The van der Waals surface area contributed by atoms with Gasteiger partial charge in [0.1, 0.15) is 0 Å². The van der Waals surface area contributed by atoms with Crippen molar-refractivity contribution in [2.75, 3.05) is 26.2 Å². The van der Waals surface area contributed by atoms with Crippen LogP contribution in [-0.2, 0) is 4.79 Å². The molecule has 0 bridgehead atoms. The zero-order chi connectivity index (χ0) is 17.5. The van der Waals surface area contributed by atoms with Gasteiger partial charge in [-0.05, 0) is 44.0 Å². The van der Waals surface area contributed by atoms with Gasteiger partial charge in [0.25, 0.3) is 0 Å². The Labute approximate surface area is 147 Å². The second-order valence-corrected chi connectivity index (χ2v) is 6.33. The van der Waals surface area contributed by atoms with E-state index in [0.29, 0.717) is 12.2 Å². The van der Waals surface area contributed by atoms with Gasteiger partial charge in [-0.1, -0.05) is 12.1 Å². The Bertz CT molecular complexity index is 739. The molecule has 0 atom stereocenters. The van der Waals surface area contributed by atoms with Gasteiger partial charge >= 0.3 is 0 Å². The molecule has 2 heterocycles. The van der Waals surface area contributed by atoms with Crippen molar-refractivity contribution in [3.63, 3.8) is 0 Å². The van der Waals surface area contributed by atoms with Crippen molar-refractivity contribution in [3.05, 3.63) is 42.2 Å². The standard InChI is InChI=1S/C19H24N4O2/c24-16-8-12-23(13-9-16)11-3-10-20-19(25)7-6-15-14-21-17-4-1-2-5-18(17)22-15/h1-2,4-7,14,16,24H,3,8-13H2,(H,20,25). The first-order valence-electron chi connectivity index (χ1n) is 8.79. The normalized spacial score (nSPS) is 16.5. The molecule has 132 valence electrons. The highest BCUT2D eigenvalue weighted by molar-refractivity contribution is 5.91. The van der Waals surface area contributed by atoms with Crippen molar-refractivity contribution in [1.82, 2.24) is 20.2 Å². The average Bonchev–Trinajstić information content (AvgIpc) is 2.65. The van der Waals surface area contributed by atoms with E-state index in [1.807, 2.05) is 24.3 Å². The third-order valence-corrected chi connectivity index (χ3v) is 4.38. The van der Waals surface area contributed by atoms with Gasteiger partial charge in [0, 0.05) is 25.7 Å². The Morgan fingerprint density at radius 3 is 2.84 bits per heavy atom. The van der Waals surface area contributed by atoms with E-state index in [9.17, 15) is 9.90 Å². The lowest BCUT2D eigenvalue weighted by atomic mass is 10.1. The largest absolute Gasteiger partial charge is 0.393 e. The molecule has 3 rings (SSSR count). The molecule has 1 amide bonds. The number of piperidine rings is 1. The summed E-state index contributed by atoms with van der Waals surface area (Å²) < 4.78 is 0. The predicted molar refractivity (Wildman–Crippen MR) is 97.9 cm³/mol. The fraction of sp³-hybridized carbons (Fsp3) is 0.421. The van der Waals surface area contributed by atoms with Crippen molar-refractivity contribution in [1.29, 1.82) is 0 Å². The molecular weight excluding hydrogens is 316 g/mol. The fourth-order valence-electron chi connectivity index (χ4n) is 2.93. The van der Waals surface area contributed by atoms with Crippen LogP contribution in [0.5, 0.6) is 0 Å². The molecule has 1 aromatic carbocycles. The first-order chi connectivity index (χ1) is 12.2. The SMILES string of the molecule is O=C(C=Cc1cnc2ccccc2n1)NCCCN1CCC(O)CC1. The Morgan fingerprint density at radius 1 is 1.28 bits per heavy atom. The first-order valence-corrected chi connectivity index (χ1v) is 8.79. The number of aromatic nitrogens is 2. The maximum absolute atomic E-state index is 11.9. The van der Waals surface area contributed by atoms with Crippen LogP contribution in [0.25, 0.3) is 17.1 Å². The van der Waals surface area contributed by atoms with Crippen LogP contribution in [-0.4, -0.2) is 58.2 Å². The molecule has 0 aliphatic carbocycles. The van der Waals surface area contributed by atoms with Crippen molar-refractivity contribution in [2.24, 2.45) is 0 Å². The van der Waals surface area contributed by atoms with Gasteiger partial charge < -0.3 is 15.3 Å². The first kappa shape index (κ1) is 17.5. The van der Waals surface area contributed by atoms with Crippen LogP contribution >= 0.6 is 0 Å². The molecule has 2 aromatic rings. The molecule has 6 nitrogen and oxygen atoms in total. The minimum absolute atomic E-state index is 0.121. The quantitative estimate of drug-likeness (QED) is 0.617. The third kappa shape index (κ3) is 5.34. The number of benzene rings is 1. The van der Waals surface area contributed by atoms with Gasteiger partial charge in [0.05, 0.1) is 29.0 Å². The predicted octanol–water partition coefficient (Wildman–Crippen LogP) is 1.61. The topological polar surface area (TPSA) is 78.4 Å². The third-order valence-electron chi connectivity index (χ3n) is 4.38. The smallest absolute Gasteiger partial charge is 0.244 e. The molecular formula is C19H24N4O2. The molecule has 2 N–H and O–H groups in total. The molecule has 1 aromatic heterocycles. The maximum Gasteiger partial charge on any atom is 0.244 e. The van der Waals surface area contributed by atoms with Crippen molar-refractivity contribution in [3.8, 4) is 0 Å². The van der Waals surface area contributed by atoms with Crippen LogP contribution in [0.1, 0.15) is 25.0 Å². The number of likely N-dealkylation sites (tertiary alicyclic amines) is 1. The van der Waals surface area contributed by atoms with E-state index in [1.165, 1.54) is 6.08 Å². The van der Waals surface area contributed by atoms with Gasteiger partial charge in [-0.2, -0.15) is 0 Å². The summed E-state index contributed by atoms with van der Waals surface area (Å²) in [5, 5.41) is 12.4. The van der Waals surface area contributed by atoms with Crippen LogP contribution in [0.4, 0.5) is 0 Å². The van der Waals surface area contributed by atoms with Crippen LogP contribution in [0, 0.1) is 0 Å². The number of aliphatic hydroxyl groups is 1. The van der Waals surface area contributed by atoms with Crippen LogP contribution in [0.3, 0.4) is 0 Å². The summed E-state index contributed by atoms with van der Waals surface area (Å²) in [7, 11) is 0. The summed E-state index contributed by atoms with van der Waals surface area (Å²) in [5.74, 6) is -0.121. The summed E-state index contributed by atoms with van der Waals surface area (Å²) in [6.07, 6.45) is 7.31. The summed E-state index contributed by atoms with van der Waals surface area (Å²) in [5.41, 5.74) is 2.33. The highest BCUT2D eigenvalue weighted by Crippen LogP contribution is 2.10. The van der Waals surface area contributed by atoms with Crippen molar-refractivity contribution in [2.45, 2.75) is 25.4 Å². The number of nitrogens with one attached hydrogen (secondary N) is 1. The summed E-state index contributed by atoms with van der Waals surface area (Å²) in [4.78, 5) is 23.0. The van der Waals surface area contributed by atoms with E-state index in [2.05, 4.69) is 20.2 Å². The molecule has 1 fully saturated rings. The zero-order valence-corrected chi connectivity index (χ0v) is 14.3. The lowest BCUT2D eigenvalue weighted by Crippen LogP contribution is -2.37. The highest BCUT2D eigenvalue weighted by Gasteiger charge is 2.15.